The molecule has 2 aromatic heterocycles. The van der Waals surface area contributed by atoms with Gasteiger partial charge in [-0.15, -0.1) is 0 Å². The van der Waals surface area contributed by atoms with Crippen molar-refractivity contribution >= 4 is 11.6 Å². The molecule has 2 aromatic rings. The van der Waals surface area contributed by atoms with Crippen LogP contribution >= 0.6 is 0 Å². The van der Waals surface area contributed by atoms with Crippen LogP contribution in [0.3, 0.4) is 0 Å². The summed E-state index contributed by atoms with van der Waals surface area (Å²) in [5.41, 5.74) is 5.79. The molecule has 6 nitrogen and oxygen atoms in total. The summed E-state index contributed by atoms with van der Waals surface area (Å²) in [5, 5.41) is 7.51. The molecule has 6 heteroatoms. The number of hydrogen-bond donors (Lipinski definition) is 2. The lowest BCUT2D eigenvalue weighted by Gasteiger charge is -2.15. The van der Waals surface area contributed by atoms with Gasteiger partial charge in [0.15, 0.2) is 0 Å². The Bertz CT molecular complexity index is 508. The predicted octanol–water partition coefficient (Wildman–Crippen LogP) is 1.71. The first-order valence-corrected chi connectivity index (χ1v) is 6.54. The first-order valence-electron chi connectivity index (χ1n) is 6.54. The van der Waals surface area contributed by atoms with Crippen molar-refractivity contribution in [3.8, 4) is 0 Å². The zero-order valence-electron chi connectivity index (χ0n) is 11.4. The summed E-state index contributed by atoms with van der Waals surface area (Å²) in [4.78, 5) is 8.68. The smallest absolute Gasteiger partial charge is 0.133 e. The highest BCUT2D eigenvalue weighted by molar-refractivity contribution is 5.45. The molecule has 0 fully saturated rings. The lowest BCUT2D eigenvalue weighted by Crippen LogP contribution is -2.23. The average Bonchev–Trinajstić information content (AvgIpc) is 2.81. The van der Waals surface area contributed by atoms with E-state index in [0.29, 0.717) is 5.82 Å². The summed E-state index contributed by atoms with van der Waals surface area (Å²) >= 11 is 0. The third kappa shape index (κ3) is 3.94. The molecular weight excluding hydrogens is 240 g/mol. The highest BCUT2D eigenvalue weighted by atomic mass is 15.3. The monoisotopic (exact) mass is 260 g/mol. The maximum Gasteiger partial charge on any atom is 0.133 e. The van der Waals surface area contributed by atoms with Crippen molar-refractivity contribution in [1.29, 1.82) is 0 Å². The maximum absolute atomic E-state index is 5.79. The minimum atomic E-state index is 0.212. The summed E-state index contributed by atoms with van der Waals surface area (Å²) in [7, 11) is 0. The molecular formula is C13H20N6. The molecule has 0 aromatic carbocycles. The molecule has 1 atom stereocenters. The van der Waals surface area contributed by atoms with Crippen LogP contribution in [0.25, 0.3) is 0 Å². The van der Waals surface area contributed by atoms with Gasteiger partial charge in [-0.05, 0) is 19.4 Å². The standard InChI is InChI=1S/C13H20N6/c1-3-5-12-17-11(14)8-13(18-12)16-10(2)9-19-7-4-6-15-19/h4,6-8,10H,3,5,9H2,1-2H3,(H3,14,16,17,18). The lowest BCUT2D eigenvalue weighted by molar-refractivity contribution is 0.559. The number of nitrogens with zero attached hydrogens (tertiary/aromatic N) is 4. The van der Waals surface area contributed by atoms with Crippen LogP contribution in [0.2, 0.25) is 0 Å². The predicted molar refractivity (Wildman–Crippen MR) is 75.8 cm³/mol. The topological polar surface area (TPSA) is 81.6 Å². The quantitative estimate of drug-likeness (QED) is 0.826. The van der Waals surface area contributed by atoms with E-state index in [9.17, 15) is 0 Å². The van der Waals surface area contributed by atoms with Crippen molar-refractivity contribution in [1.82, 2.24) is 19.7 Å². The molecule has 2 rings (SSSR count). The molecule has 0 aliphatic heterocycles. The maximum atomic E-state index is 5.79. The number of aryl methyl sites for hydroxylation is 1. The Morgan fingerprint density at radius 2 is 2.26 bits per heavy atom. The molecule has 0 saturated carbocycles. The van der Waals surface area contributed by atoms with Gasteiger partial charge in [0, 0.05) is 30.9 Å². The molecule has 0 amide bonds. The number of nitrogen functional groups attached to an aromatic ring is 1. The van der Waals surface area contributed by atoms with Crippen LogP contribution in [-0.4, -0.2) is 25.8 Å². The Morgan fingerprint density at radius 3 is 2.95 bits per heavy atom. The van der Waals surface area contributed by atoms with Gasteiger partial charge in [0.2, 0.25) is 0 Å². The van der Waals surface area contributed by atoms with Crippen LogP contribution in [0.15, 0.2) is 24.5 Å². The number of anilines is 2. The molecule has 19 heavy (non-hydrogen) atoms. The van der Waals surface area contributed by atoms with Crippen LogP contribution in [-0.2, 0) is 13.0 Å². The third-order valence-corrected chi connectivity index (χ3v) is 2.68. The van der Waals surface area contributed by atoms with E-state index in [4.69, 9.17) is 5.73 Å². The van der Waals surface area contributed by atoms with Gasteiger partial charge < -0.3 is 11.1 Å². The molecule has 0 bridgehead atoms. The minimum absolute atomic E-state index is 0.212. The molecule has 3 N–H and O–H groups in total. The van der Waals surface area contributed by atoms with Crippen molar-refractivity contribution < 1.29 is 0 Å². The van der Waals surface area contributed by atoms with Gasteiger partial charge in [0.1, 0.15) is 17.5 Å². The number of hydrogen-bond acceptors (Lipinski definition) is 5. The van der Waals surface area contributed by atoms with Crippen molar-refractivity contribution in [2.75, 3.05) is 11.1 Å². The fourth-order valence-electron chi connectivity index (χ4n) is 1.91. The van der Waals surface area contributed by atoms with Gasteiger partial charge in [-0.3, -0.25) is 4.68 Å². The first-order chi connectivity index (χ1) is 9.17. The number of nitrogens with two attached hydrogens (primary N) is 1. The van der Waals surface area contributed by atoms with E-state index < -0.39 is 0 Å². The van der Waals surface area contributed by atoms with E-state index >= 15 is 0 Å². The summed E-state index contributed by atoms with van der Waals surface area (Å²) in [5.74, 6) is 2.07. The molecule has 0 saturated heterocycles. The number of nitrogens with one attached hydrogen (secondary N) is 1. The number of aromatic nitrogens is 4. The molecule has 1 unspecified atom stereocenters. The van der Waals surface area contributed by atoms with E-state index in [-0.39, 0.29) is 6.04 Å². The van der Waals surface area contributed by atoms with Crippen molar-refractivity contribution in [2.24, 2.45) is 0 Å². The van der Waals surface area contributed by atoms with Gasteiger partial charge in [0.05, 0.1) is 6.54 Å². The molecule has 0 aliphatic rings. The largest absolute Gasteiger partial charge is 0.384 e. The zero-order chi connectivity index (χ0) is 13.7. The normalized spacial score (nSPS) is 12.3. The molecule has 0 spiro atoms. The van der Waals surface area contributed by atoms with E-state index in [1.165, 1.54) is 0 Å². The Kier molecular flexibility index (Phi) is 4.33. The second-order valence-corrected chi connectivity index (χ2v) is 4.62. The first kappa shape index (κ1) is 13.3. The Labute approximate surface area is 113 Å². The van der Waals surface area contributed by atoms with Gasteiger partial charge in [-0.25, -0.2) is 9.97 Å². The highest BCUT2D eigenvalue weighted by Crippen LogP contribution is 2.11. The fraction of sp³-hybridized carbons (Fsp3) is 0.462. The summed E-state index contributed by atoms with van der Waals surface area (Å²) < 4.78 is 1.88. The lowest BCUT2D eigenvalue weighted by atomic mass is 10.3. The van der Waals surface area contributed by atoms with Gasteiger partial charge in [-0.2, -0.15) is 5.10 Å². The zero-order valence-corrected chi connectivity index (χ0v) is 11.4. The highest BCUT2D eigenvalue weighted by Gasteiger charge is 2.07. The molecule has 102 valence electrons. The van der Waals surface area contributed by atoms with Crippen molar-refractivity contribution in [3.05, 3.63) is 30.4 Å². The Hall–Kier alpha value is -2.11. The Balaban J connectivity index is 2.01. The summed E-state index contributed by atoms with van der Waals surface area (Å²) in [6, 6.07) is 3.89. The van der Waals surface area contributed by atoms with Gasteiger partial charge >= 0.3 is 0 Å². The molecule has 0 aliphatic carbocycles. The van der Waals surface area contributed by atoms with E-state index in [0.717, 1.165) is 31.0 Å². The summed E-state index contributed by atoms with van der Waals surface area (Å²) in [6.45, 7) is 4.96. The number of rotatable bonds is 6. The SMILES string of the molecule is CCCc1nc(N)cc(NC(C)Cn2cccn2)n1. The van der Waals surface area contributed by atoms with Gasteiger partial charge in [0.25, 0.3) is 0 Å². The van der Waals surface area contributed by atoms with Crippen molar-refractivity contribution in [2.45, 2.75) is 39.3 Å². The molecule has 0 radical (unpaired) electrons. The Morgan fingerprint density at radius 1 is 1.42 bits per heavy atom. The van der Waals surface area contributed by atoms with E-state index in [2.05, 4.69) is 34.2 Å². The second-order valence-electron chi connectivity index (χ2n) is 4.62. The summed E-state index contributed by atoms with van der Waals surface area (Å²) in [6.07, 6.45) is 5.56. The third-order valence-electron chi connectivity index (χ3n) is 2.68. The minimum Gasteiger partial charge on any atom is -0.384 e. The van der Waals surface area contributed by atoms with E-state index in [1.54, 1.807) is 12.3 Å². The average molecular weight is 260 g/mol. The van der Waals surface area contributed by atoms with E-state index in [1.807, 2.05) is 16.9 Å². The van der Waals surface area contributed by atoms with Gasteiger partial charge in [-0.1, -0.05) is 6.92 Å². The van der Waals surface area contributed by atoms with Crippen LogP contribution in [0.4, 0.5) is 11.6 Å². The van der Waals surface area contributed by atoms with Crippen LogP contribution < -0.4 is 11.1 Å². The van der Waals surface area contributed by atoms with Crippen molar-refractivity contribution in [3.63, 3.8) is 0 Å². The molecule has 2 heterocycles. The fourth-order valence-corrected chi connectivity index (χ4v) is 1.91. The van der Waals surface area contributed by atoms with Crippen LogP contribution in [0, 0.1) is 0 Å². The van der Waals surface area contributed by atoms with Crippen LogP contribution in [0.5, 0.6) is 0 Å². The van der Waals surface area contributed by atoms with Crippen LogP contribution in [0.1, 0.15) is 26.1 Å². The second kappa shape index (κ2) is 6.17.